The highest BCUT2D eigenvalue weighted by Crippen LogP contribution is 2.60. The van der Waals surface area contributed by atoms with Gasteiger partial charge >= 0.3 is 0 Å². The summed E-state index contributed by atoms with van der Waals surface area (Å²) in [5.74, 6) is 3.14. The largest absolute Gasteiger partial charge is 0.312 e. The zero-order valence-corrected chi connectivity index (χ0v) is 14.2. The van der Waals surface area contributed by atoms with Crippen molar-refractivity contribution in [1.29, 1.82) is 0 Å². The van der Waals surface area contributed by atoms with E-state index in [0.717, 1.165) is 24.8 Å². The highest BCUT2D eigenvalue weighted by Gasteiger charge is 2.54. The Morgan fingerprint density at radius 1 is 1.33 bits per heavy atom. The second kappa shape index (κ2) is 5.08. The molecule has 1 aromatic rings. The second-order valence-corrected chi connectivity index (χ2v) is 8.66. The Bertz CT molecular complexity index is 487. The van der Waals surface area contributed by atoms with Crippen LogP contribution in [0.1, 0.15) is 65.7 Å². The van der Waals surface area contributed by atoms with Crippen molar-refractivity contribution < 1.29 is 0 Å². The quantitative estimate of drug-likeness (QED) is 0.905. The van der Waals surface area contributed by atoms with E-state index in [1.807, 2.05) is 0 Å². The Hall–Kier alpha value is -0.900. The van der Waals surface area contributed by atoms with E-state index in [1.54, 1.807) is 6.33 Å². The van der Waals surface area contributed by atoms with Gasteiger partial charge in [-0.1, -0.05) is 0 Å². The predicted molar refractivity (Wildman–Crippen MR) is 85.1 cm³/mol. The molecular weight excluding hydrogens is 260 g/mol. The molecule has 2 atom stereocenters. The number of hydrogen-bond donors (Lipinski definition) is 1. The number of hydrogen-bond acceptors (Lipinski definition) is 3. The average molecular weight is 290 g/mol. The van der Waals surface area contributed by atoms with Crippen molar-refractivity contribution in [2.24, 2.45) is 17.3 Å². The zero-order chi connectivity index (χ0) is 15.3. The van der Waals surface area contributed by atoms with Crippen LogP contribution in [0, 0.1) is 17.3 Å². The van der Waals surface area contributed by atoms with Gasteiger partial charge in [0.15, 0.2) is 0 Å². The van der Waals surface area contributed by atoms with Crippen LogP contribution in [0.4, 0.5) is 0 Å². The molecule has 1 N–H and O–H groups in total. The standard InChI is InChI=1S/C17H30N4/c1-12(2)21-15(18-11-20-21)9-17(10-19-16(3,4)5)7-13-6-14(13)8-17/h11-14,19H,6-10H2,1-5H3. The summed E-state index contributed by atoms with van der Waals surface area (Å²) in [6.45, 7) is 12.2. The average Bonchev–Trinajstić information content (AvgIpc) is 2.82. The molecule has 4 nitrogen and oxygen atoms in total. The van der Waals surface area contributed by atoms with Gasteiger partial charge in [0.2, 0.25) is 0 Å². The van der Waals surface area contributed by atoms with Crippen LogP contribution in [-0.2, 0) is 6.42 Å². The van der Waals surface area contributed by atoms with Crippen molar-refractivity contribution in [1.82, 2.24) is 20.1 Å². The lowest BCUT2D eigenvalue weighted by atomic mass is 9.78. The summed E-state index contributed by atoms with van der Waals surface area (Å²) in [4.78, 5) is 4.55. The molecule has 0 amide bonds. The van der Waals surface area contributed by atoms with Crippen LogP contribution >= 0.6 is 0 Å². The monoisotopic (exact) mass is 290 g/mol. The molecule has 0 radical (unpaired) electrons. The van der Waals surface area contributed by atoms with Crippen LogP contribution in [0.25, 0.3) is 0 Å². The van der Waals surface area contributed by atoms with Gasteiger partial charge in [-0.2, -0.15) is 5.10 Å². The highest BCUT2D eigenvalue weighted by atomic mass is 15.3. The molecule has 4 heteroatoms. The molecule has 0 aliphatic heterocycles. The van der Waals surface area contributed by atoms with Crippen LogP contribution < -0.4 is 5.32 Å². The van der Waals surface area contributed by atoms with Gasteiger partial charge in [0.25, 0.3) is 0 Å². The van der Waals surface area contributed by atoms with Gasteiger partial charge in [0.1, 0.15) is 12.2 Å². The van der Waals surface area contributed by atoms with E-state index < -0.39 is 0 Å². The maximum atomic E-state index is 4.55. The smallest absolute Gasteiger partial charge is 0.138 e. The fourth-order valence-electron chi connectivity index (χ4n) is 3.98. The van der Waals surface area contributed by atoms with Crippen molar-refractivity contribution in [2.45, 2.75) is 71.9 Å². The Morgan fingerprint density at radius 3 is 2.57 bits per heavy atom. The van der Waals surface area contributed by atoms with E-state index in [-0.39, 0.29) is 5.54 Å². The third-order valence-electron chi connectivity index (χ3n) is 5.12. The molecule has 0 saturated heterocycles. The minimum absolute atomic E-state index is 0.186. The molecule has 2 saturated carbocycles. The molecule has 2 aliphatic rings. The van der Waals surface area contributed by atoms with E-state index in [9.17, 15) is 0 Å². The number of aromatic nitrogens is 3. The van der Waals surface area contributed by atoms with Gasteiger partial charge in [-0.3, -0.25) is 0 Å². The molecule has 2 fully saturated rings. The molecular formula is C17H30N4. The van der Waals surface area contributed by atoms with Gasteiger partial charge in [-0.15, -0.1) is 0 Å². The molecule has 3 rings (SSSR count). The van der Waals surface area contributed by atoms with Crippen LogP contribution in [0.3, 0.4) is 0 Å². The van der Waals surface area contributed by atoms with Gasteiger partial charge in [-0.05, 0) is 71.1 Å². The van der Waals surface area contributed by atoms with Crippen molar-refractivity contribution in [3.05, 3.63) is 12.2 Å². The molecule has 1 aromatic heterocycles. The lowest BCUT2D eigenvalue weighted by Crippen LogP contribution is -2.44. The number of nitrogens with one attached hydrogen (secondary N) is 1. The number of nitrogens with zero attached hydrogens (tertiary/aromatic N) is 3. The topological polar surface area (TPSA) is 42.7 Å². The molecule has 1 heterocycles. The maximum Gasteiger partial charge on any atom is 0.138 e. The van der Waals surface area contributed by atoms with Crippen molar-refractivity contribution in [2.75, 3.05) is 6.54 Å². The second-order valence-electron chi connectivity index (χ2n) is 8.66. The first-order valence-corrected chi connectivity index (χ1v) is 8.41. The van der Waals surface area contributed by atoms with Gasteiger partial charge in [0, 0.05) is 24.5 Å². The summed E-state index contributed by atoms with van der Waals surface area (Å²) >= 11 is 0. The van der Waals surface area contributed by atoms with E-state index >= 15 is 0 Å². The summed E-state index contributed by atoms with van der Waals surface area (Å²) in [5, 5.41) is 8.16. The van der Waals surface area contributed by atoms with E-state index in [1.165, 1.54) is 25.1 Å². The third-order valence-corrected chi connectivity index (χ3v) is 5.12. The third kappa shape index (κ3) is 3.31. The first kappa shape index (κ1) is 15.0. The van der Waals surface area contributed by atoms with E-state index in [4.69, 9.17) is 0 Å². The predicted octanol–water partition coefficient (Wildman–Crippen LogP) is 3.21. The Balaban J connectivity index is 1.75. The summed E-state index contributed by atoms with van der Waals surface area (Å²) in [7, 11) is 0. The van der Waals surface area contributed by atoms with Gasteiger partial charge < -0.3 is 5.32 Å². The lowest BCUT2D eigenvalue weighted by Gasteiger charge is -2.35. The van der Waals surface area contributed by atoms with E-state index in [0.29, 0.717) is 11.5 Å². The highest BCUT2D eigenvalue weighted by molar-refractivity contribution is 5.08. The van der Waals surface area contributed by atoms with Crippen molar-refractivity contribution >= 4 is 0 Å². The van der Waals surface area contributed by atoms with Crippen LogP contribution in [-0.4, -0.2) is 26.8 Å². The summed E-state index contributed by atoms with van der Waals surface area (Å²) in [6.07, 6.45) is 6.99. The summed E-state index contributed by atoms with van der Waals surface area (Å²) in [6, 6.07) is 0.395. The normalized spacial score (nSPS) is 31.7. The number of fused-ring (bicyclic) bond motifs is 1. The fourth-order valence-corrected chi connectivity index (χ4v) is 3.98. The zero-order valence-electron chi connectivity index (χ0n) is 14.2. The van der Waals surface area contributed by atoms with Crippen LogP contribution in [0.5, 0.6) is 0 Å². The number of rotatable bonds is 5. The van der Waals surface area contributed by atoms with Crippen molar-refractivity contribution in [3.8, 4) is 0 Å². The fraction of sp³-hybridized carbons (Fsp3) is 0.882. The van der Waals surface area contributed by atoms with Crippen molar-refractivity contribution in [3.63, 3.8) is 0 Å². The molecule has 21 heavy (non-hydrogen) atoms. The summed E-state index contributed by atoms with van der Waals surface area (Å²) in [5.41, 5.74) is 0.575. The molecule has 2 unspecified atom stereocenters. The molecule has 2 aliphatic carbocycles. The summed E-state index contributed by atoms with van der Waals surface area (Å²) < 4.78 is 2.10. The maximum absolute atomic E-state index is 4.55. The Morgan fingerprint density at radius 2 is 2.00 bits per heavy atom. The Kier molecular flexibility index (Phi) is 3.63. The van der Waals surface area contributed by atoms with Gasteiger partial charge in [-0.25, -0.2) is 9.67 Å². The minimum Gasteiger partial charge on any atom is -0.312 e. The molecule has 0 spiro atoms. The molecule has 118 valence electrons. The lowest BCUT2D eigenvalue weighted by molar-refractivity contribution is 0.214. The minimum atomic E-state index is 0.186. The first-order chi connectivity index (χ1) is 9.78. The van der Waals surface area contributed by atoms with Crippen LogP contribution in [0.2, 0.25) is 0 Å². The molecule has 0 bridgehead atoms. The van der Waals surface area contributed by atoms with Crippen LogP contribution in [0.15, 0.2) is 6.33 Å². The first-order valence-electron chi connectivity index (χ1n) is 8.41. The molecule has 0 aromatic carbocycles. The van der Waals surface area contributed by atoms with E-state index in [2.05, 4.69) is 54.7 Å². The van der Waals surface area contributed by atoms with Gasteiger partial charge in [0.05, 0.1) is 0 Å². The SMILES string of the molecule is CC(C)n1ncnc1CC1(CNC(C)(C)C)CC2CC2C1. The Labute approximate surface area is 128 Å².